The number of carboxylic acids is 1. The lowest BCUT2D eigenvalue weighted by Gasteiger charge is -2.29. The fraction of sp³-hybridized carbons (Fsp3) is 0.714. The van der Waals surface area contributed by atoms with E-state index in [4.69, 9.17) is 15.9 Å². The molecular formula is C14H24N4O6S. The predicted octanol–water partition coefficient (Wildman–Crippen LogP) is -2.70. The lowest BCUT2D eigenvalue weighted by atomic mass is 10.1. The van der Waals surface area contributed by atoms with Crippen LogP contribution in [-0.4, -0.2) is 81.9 Å². The summed E-state index contributed by atoms with van der Waals surface area (Å²) in [4.78, 5) is 48.8. The molecule has 3 amide bonds. The molecule has 0 radical (unpaired) electrons. The van der Waals surface area contributed by atoms with Crippen LogP contribution in [0.25, 0.3) is 0 Å². The first-order valence-electron chi connectivity index (χ1n) is 7.84. The van der Waals surface area contributed by atoms with Crippen LogP contribution >= 0.6 is 12.6 Å². The van der Waals surface area contributed by atoms with Crippen molar-refractivity contribution in [2.24, 2.45) is 5.73 Å². The summed E-state index contributed by atoms with van der Waals surface area (Å²) in [5.41, 5.74) is 5.46. The van der Waals surface area contributed by atoms with Crippen molar-refractivity contribution in [2.75, 3.05) is 18.9 Å². The molecule has 0 aromatic carbocycles. The van der Waals surface area contributed by atoms with Gasteiger partial charge in [-0.2, -0.15) is 12.6 Å². The molecule has 1 rings (SSSR count). The van der Waals surface area contributed by atoms with E-state index in [2.05, 4.69) is 23.3 Å². The first kappa shape index (κ1) is 21.2. The van der Waals surface area contributed by atoms with E-state index < -0.39 is 54.5 Å². The van der Waals surface area contributed by atoms with E-state index in [1.807, 2.05) is 0 Å². The first-order chi connectivity index (χ1) is 11.7. The molecule has 0 bridgehead atoms. The van der Waals surface area contributed by atoms with Crippen LogP contribution in [0.15, 0.2) is 0 Å². The molecule has 11 heteroatoms. The van der Waals surface area contributed by atoms with Crippen LogP contribution < -0.4 is 16.4 Å². The minimum absolute atomic E-state index is 0.0243. The molecule has 0 aliphatic carbocycles. The summed E-state index contributed by atoms with van der Waals surface area (Å²) in [5, 5.41) is 22.6. The molecule has 0 aromatic rings. The Morgan fingerprint density at radius 2 is 1.92 bits per heavy atom. The van der Waals surface area contributed by atoms with Crippen LogP contribution in [0, 0.1) is 0 Å². The van der Waals surface area contributed by atoms with Crippen LogP contribution in [-0.2, 0) is 19.2 Å². The second-order valence-corrected chi connectivity index (χ2v) is 6.17. The molecule has 0 spiro atoms. The Kier molecular flexibility index (Phi) is 8.13. The maximum absolute atomic E-state index is 12.6. The number of aliphatic hydroxyl groups excluding tert-OH is 1. The summed E-state index contributed by atoms with van der Waals surface area (Å²) in [6.07, 6.45) is 0.914. The summed E-state index contributed by atoms with van der Waals surface area (Å²) >= 11 is 4.06. The molecule has 1 aliphatic heterocycles. The van der Waals surface area contributed by atoms with E-state index in [9.17, 15) is 19.2 Å². The number of carbonyl (C=O) groups excluding carboxylic acids is 3. The van der Waals surface area contributed by atoms with Crippen LogP contribution in [0.2, 0.25) is 0 Å². The molecule has 0 aromatic heterocycles. The van der Waals surface area contributed by atoms with Gasteiger partial charge >= 0.3 is 5.97 Å². The van der Waals surface area contributed by atoms with Crippen molar-refractivity contribution in [3.8, 4) is 0 Å². The summed E-state index contributed by atoms with van der Waals surface area (Å²) in [6.45, 7) is 1.01. The average Bonchev–Trinajstić information content (AvgIpc) is 3.05. The number of nitrogens with one attached hydrogen (secondary N) is 2. The zero-order valence-corrected chi connectivity index (χ0v) is 14.7. The molecule has 142 valence electrons. The smallest absolute Gasteiger partial charge is 0.328 e. The summed E-state index contributed by atoms with van der Waals surface area (Å²) < 4.78 is 0. The van der Waals surface area contributed by atoms with Crippen molar-refractivity contribution >= 4 is 36.3 Å². The number of aliphatic carboxylic acids is 1. The number of likely N-dealkylation sites (tertiary alicyclic amines) is 1. The minimum Gasteiger partial charge on any atom is -0.480 e. The number of nitrogens with zero attached hydrogens (tertiary/aromatic N) is 1. The average molecular weight is 376 g/mol. The maximum Gasteiger partial charge on any atom is 0.328 e. The standard InChI is InChI=1S/C14H24N4O6S/c1-7(15)11(20)17-9(6-25)13(22)18-4-2-3-10(18)12(21)16-8(5-19)14(23)24/h7-10,19,25H,2-6,15H2,1H3,(H,16,21)(H,17,20)(H,23,24). The lowest BCUT2D eigenvalue weighted by molar-refractivity contribution is -0.145. The van der Waals surface area contributed by atoms with Crippen molar-refractivity contribution in [1.29, 1.82) is 0 Å². The number of hydrogen-bond acceptors (Lipinski definition) is 7. The Morgan fingerprint density at radius 3 is 2.40 bits per heavy atom. The van der Waals surface area contributed by atoms with Crippen LogP contribution in [0.1, 0.15) is 19.8 Å². The van der Waals surface area contributed by atoms with Crippen molar-refractivity contribution in [3.63, 3.8) is 0 Å². The van der Waals surface area contributed by atoms with E-state index in [-0.39, 0.29) is 5.75 Å². The molecule has 10 nitrogen and oxygen atoms in total. The van der Waals surface area contributed by atoms with Crippen molar-refractivity contribution < 1.29 is 29.4 Å². The Labute approximate surface area is 150 Å². The number of amides is 3. The van der Waals surface area contributed by atoms with Gasteiger partial charge in [-0.15, -0.1) is 0 Å². The third-order valence-electron chi connectivity index (χ3n) is 3.85. The third-order valence-corrected chi connectivity index (χ3v) is 4.21. The van der Waals surface area contributed by atoms with Crippen LogP contribution in [0.5, 0.6) is 0 Å². The third kappa shape index (κ3) is 5.58. The Bertz CT molecular complexity index is 529. The fourth-order valence-electron chi connectivity index (χ4n) is 2.45. The van der Waals surface area contributed by atoms with Gasteiger partial charge in [0.25, 0.3) is 0 Å². The van der Waals surface area contributed by atoms with Gasteiger partial charge in [-0.25, -0.2) is 4.79 Å². The fourth-order valence-corrected chi connectivity index (χ4v) is 2.69. The van der Waals surface area contributed by atoms with Gasteiger partial charge in [0.2, 0.25) is 17.7 Å². The van der Waals surface area contributed by atoms with Crippen LogP contribution in [0.3, 0.4) is 0 Å². The van der Waals surface area contributed by atoms with Crippen molar-refractivity contribution in [1.82, 2.24) is 15.5 Å². The minimum atomic E-state index is -1.44. The van der Waals surface area contributed by atoms with Gasteiger partial charge in [0, 0.05) is 12.3 Å². The van der Waals surface area contributed by atoms with Gasteiger partial charge in [0.05, 0.1) is 12.6 Å². The number of thiol groups is 1. The second-order valence-electron chi connectivity index (χ2n) is 5.80. The number of carboxylic acid groups (broad SMARTS) is 1. The highest BCUT2D eigenvalue weighted by molar-refractivity contribution is 7.80. The van der Waals surface area contributed by atoms with Gasteiger partial charge in [0.1, 0.15) is 18.1 Å². The van der Waals surface area contributed by atoms with Gasteiger partial charge in [-0.1, -0.05) is 0 Å². The van der Waals surface area contributed by atoms with Crippen LogP contribution in [0.4, 0.5) is 0 Å². The van der Waals surface area contributed by atoms with Gasteiger partial charge < -0.3 is 31.5 Å². The summed E-state index contributed by atoms with van der Waals surface area (Å²) in [6, 6.07) is -4.05. The normalized spacial score (nSPS) is 20.5. The predicted molar refractivity (Wildman–Crippen MR) is 90.8 cm³/mol. The monoisotopic (exact) mass is 376 g/mol. The zero-order valence-electron chi connectivity index (χ0n) is 13.8. The Hall–Kier alpha value is -1.85. The zero-order chi connectivity index (χ0) is 19.1. The molecule has 0 saturated carbocycles. The highest BCUT2D eigenvalue weighted by Gasteiger charge is 2.38. The van der Waals surface area contributed by atoms with Gasteiger partial charge in [-0.05, 0) is 19.8 Å². The topological polar surface area (TPSA) is 162 Å². The highest BCUT2D eigenvalue weighted by atomic mass is 32.1. The quantitative estimate of drug-likeness (QED) is 0.251. The lowest BCUT2D eigenvalue weighted by Crippen LogP contribution is -2.57. The highest BCUT2D eigenvalue weighted by Crippen LogP contribution is 2.19. The maximum atomic E-state index is 12.6. The summed E-state index contributed by atoms with van der Waals surface area (Å²) in [5.74, 6) is -3.01. The molecule has 1 heterocycles. The Balaban J connectivity index is 2.81. The van der Waals surface area contributed by atoms with Gasteiger partial charge in [0.15, 0.2) is 0 Å². The van der Waals surface area contributed by atoms with Crippen molar-refractivity contribution in [2.45, 2.75) is 43.9 Å². The largest absolute Gasteiger partial charge is 0.480 e. The summed E-state index contributed by atoms with van der Waals surface area (Å²) in [7, 11) is 0. The number of hydrogen-bond donors (Lipinski definition) is 6. The Morgan fingerprint density at radius 1 is 1.28 bits per heavy atom. The molecule has 25 heavy (non-hydrogen) atoms. The van der Waals surface area contributed by atoms with E-state index in [1.54, 1.807) is 0 Å². The number of carbonyl (C=O) groups is 4. The molecule has 1 aliphatic rings. The molecule has 6 N–H and O–H groups in total. The van der Waals surface area contributed by atoms with E-state index in [0.717, 1.165) is 0 Å². The van der Waals surface area contributed by atoms with E-state index >= 15 is 0 Å². The molecule has 1 fully saturated rings. The van der Waals surface area contributed by atoms with E-state index in [0.29, 0.717) is 19.4 Å². The SMILES string of the molecule is CC(N)C(=O)NC(CS)C(=O)N1CCCC1C(=O)NC(CO)C(=O)O. The molecular weight excluding hydrogens is 352 g/mol. The van der Waals surface area contributed by atoms with Gasteiger partial charge in [-0.3, -0.25) is 14.4 Å². The second kappa shape index (κ2) is 9.59. The van der Waals surface area contributed by atoms with Crippen molar-refractivity contribution in [3.05, 3.63) is 0 Å². The molecule has 1 saturated heterocycles. The molecule has 4 unspecified atom stereocenters. The molecule has 4 atom stereocenters. The number of aliphatic hydroxyl groups is 1. The number of rotatable bonds is 8. The number of nitrogens with two attached hydrogens (primary N) is 1. The first-order valence-corrected chi connectivity index (χ1v) is 8.47. The van der Waals surface area contributed by atoms with E-state index in [1.165, 1.54) is 11.8 Å².